The number of pyridine rings is 3. The van der Waals surface area contributed by atoms with Crippen LogP contribution in [0.5, 0.6) is 0 Å². The Bertz CT molecular complexity index is 1270. The van der Waals surface area contributed by atoms with Crippen molar-refractivity contribution >= 4 is 28.1 Å². The summed E-state index contributed by atoms with van der Waals surface area (Å²) >= 11 is 0. The minimum atomic E-state index is -0.683. The molecule has 0 aliphatic heterocycles. The normalized spacial score (nSPS) is 15.4. The summed E-state index contributed by atoms with van der Waals surface area (Å²) in [6.45, 7) is 2.01. The van der Waals surface area contributed by atoms with Crippen molar-refractivity contribution in [3.63, 3.8) is 0 Å². The summed E-state index contributed by atoms with van der Waals surface area (Å²) in [6.07, 6.45) is 7.89. The van der Waals surface area contributed by atoms with Crippen molar-refractivity contribution in [2.75, 3.05) is 12.4 Å². The highest BCUT2D eigenvalue weighted by Crippen LogP contribution is 2.44. The second-order valence-corrected chi connectivity index (χ2v) is 7.63. The van der Waals surface area contributed by atoms with Gasteiger partial charge in [0.1, 0.15) is 5.82 Å². The lowest BCUT2D eigenvalue weighted by molar-refractivity contribution is -0.126. The van der Waals surface area contributed by atoms with E-state index >= 15 is 0 Å². The third kappa shape index (κ3) is 2.55. The maximum absolute atomic E-state index is 12.2. The molecule has 1 fully saturated rings. The van der Waals surface area contributed by atoms with E-state index < -0.39 is 5.41 Å². The molecule has 0 bridgehead atoms. The molecule has 146 valence electrons. The Balaban J connectivity index is 1.76. The number of anilines is 1. The van der Waals surface area contributed by atoms with Crippen molar-refractivity contribution in [1.29, 1.82) is 0 Å². The quantitative estimate of drug-likeness (QED) is 0.557. The fourth-order valence-corrected chi connectivity index (χ4v) is 4.03. The van der Waals surface area contributed by atoms with E-state index in [2.05, 4.69) is 25.4 Å². The Labute approximate surface area is 167 Å². The number of amides is 1. The summed E-state index contributed by atoms with van der Waals surface area (Å²) in [5.41, 5.74) is 8.43. The highest BCUT2D eigenvalue weighted by atomic mass is 16.1. The number of hydrogen-bond donors (Lipinski definition) is 2. The molecule has 4 heterocycles. The first-order chi connectivity index (χ1) is 14.0. The van der Waals surface area contributed by atoms with E-state index in [0.29, 0.717) is 17.3 Å². The van der Waals surface area contributed by atoms with Crippen molar-refractivity contribution in [2.24, 2.45) is 5.73 Å². The predicted octanol–water partition coefficient (Wildman–Crippen LogP) is 2.60. The highest BCUT2D eigenvalue weighted by Gasteiger charge is 2.45. The van der Waals surface area contributed by atoms with Gasteiger partial charge in [0, 0.05) is 42.0 Å². The third-order valence-corrected chi connectivity index (χ3v) is 5.90. The van der Waals surface area contributed by atoms with Crippen LogP contribution in [0.25, 0.3) is 27.8 Å². The number of fused-ring (bicyclic) bond motifs is 2. The van der Waals surface area contributed by atoms with E-state index in [4.69, 9.17) is 5.73 Å². The third-order valence-electron chi connectivity index (χ3n) is 5.90. The van der Waals surface area contributed by atoms with E-state index in [1.807, 2.05) is 38.4 Å². The molecule has 0 saturated heterocycles. The molecule has 29 heavy (non-hydrogen) atoms. The topological polar surface area (TPSA) is 111 Å². The molecule has 8 heteroatoms. The molecule has 4 aromatic heterocycles. The Morgan fingerprint density at radius 3 is 2.72 bits per heavy atom. The molecule has 0 unspecified atom stereocenters. The van der Waals surface area contributed by atoms with Gasteiger partial charge in [-0.25, -0.2) is 14.5 Å². The number of rotatable bonds is 4. The van der Waals surface area contributed by atoms with Crippen molar-refractivity contribution in [3.8, 4) is 11.4 Å². The zero-order chi connectivity index (χ0) is 20.2. The zero-order valence-corrected chi connectivity index (χ0v) is 16.3. The van der Waals surface area contributed by atoms with E-state index in [-0.39, 0.29) is 5.91 Å². The lowest BCUT2D eigenvalue weighted by atomic mass is 9.65. The number of aromatic nitrogens is 5. The van der Waals surface area contributed by atoms with Crippen molar-refractivity contribution in [2.45, 2.75) is 31.6 Å². The first kappa shape index (κ1) is 17.5. The molecule has 1 amide bonds. The van der Waals surface area contributed by atoms with E-state index in [0.717, 1.165) is 46.8 Å². The van der Waals surface area contributed by atoms with Crippen LogP contribution in [-0.4, -0.2) is 37.5 Å². The van der Waals surface area contributed by atoms with Crippen LogP contribution >= 0.6 is 0 Å². The van der Waals surface area contributed by atoms with Gasteiger partial charge in [0.2, 0.25) is 5.91 Å². The molecule has 3 N–H and O–H groups in total. The van der Waals surface area contributed by atoms with Gasteiger partial charge in [-0.2, -0.15) is 0 Å². The van der Waals surface area contributed by atoms with Crippen LogP contribution in [0.2, 0.25) is 0 Å². The molecular formula is C21H21N7O. The molecule has 0 atom stereocenters. The maximum Gasteiger partial charge on any atom is 0.229 e. The Morgan fingerprint density at radius 1 is 1.21 bits per heavy atom. The molecule has 0 radical (unpaired) electrons. The summed E-state index contributed by atoms with van der Waals surface area (Å²) in [6, 6.07) is 5.89. The molecule has 0 spiro atoms. The molecule has 1 saturated carbocycles. The largest absolute Gasteiger partial charge is 0.373 e. The molecule has 1 aliphatic carbocycles. The summed E-state index contributed by atoms with van der Waals surface area (Å²) in [5, 5.41) is 9.49. The summed E-state index contributed by atoms with van der Waals surface area (Å²) in [5.74, 6) is 0.972. The van der Waals surface area contributed by atoms with Gasteiger partial charge in [-0.3, -0.25) is 9.78 Å². The van der Waals surface area contributed by atoms with Crippen molar-refractivity contribution < 1.29 is 4.79 Å². The van der Waals surface area contributed by atoms with Gasteiger partial charge in [-0.05, 0) is 37.5 Å². The first-order valence-corrected chi connectivity index (χ1v) is 9.62. The lowest BCUT2D eigenvalue weighted by Gasteiger charge is -2.38. The van der Waals surface area contributed by atoms with Gasteiger partial charge < -0.3 is 11.1 Å². The number of carbonyl (C=O) groups excluding carboxylic acids is 1. The smallest absolute Gasteiger partial charge is 0.229 e. The molecule has 5 rings (SSSR count). The average molecular weight is 387 g/mol. The van der Waals surface area contributed by atoms with Gasteiger partial charge in [-0.1, -0.05) is 12.5 Å². The number of carbonyl (C=O) groups is 1. The minimum Gasteiger partial charge on any atom is -0.373 e. The second-order valence-electron chi connectivity index (χ2n) is 7.63. The van der Waals surface area contributed by atoms with Gasteiger partial charge in [0.15, 0.2) is 11.5 Å². The van der Waals surface area contributed by atoms with Crippen LogP contribution in [0.3, 0.4) is 0 Å². The van der Waals surface area contributed by atoms with Crippen LogP contribution in [0, 0.1) is 6.92 Å². The van der Waals surface area contributed by atoms with Crippen molar-refractivity contribution in [3.05, 3.63) is 48.0 Å². The van der Waals surface area contributed by atoms with Gasteiger partial charge in [-0.15, -0.1) is 5.10 Å². The minimum absolute atomic E-state index is 0.318. The van der Waals surface area contributed by atoms with Crippen LogP contribution in [0.1, 0.15) is 30.5 Å². The highest BCUT2D eigenvalue weighted by molar-refractivity contribution is 6.01. The molecule has 8 nitrogen and oxygen atoms in total. The maximum atomic E-state index is 12.2. The number of hydrogen-bond acceptors (Lipinski definition) is 6. The van der Waals surface area contributed by atoms with Crippen LogP contribution in [0.4, 0.5) is 5.82 Å². The summed E-state index contributed by atoms with van der Waals surface area (Å²) < 4.78 is 1.77. The molecular weight excluding hydrogens is 366 g/mol. The average Bonchev–Trinajstić information content (AvgIpc) is 3.08. The SMILES string of the molecule is CNc1ncc(-c2nc3ccc(C)cn3n2)c2cc(C3(C(N)=O)CCC3)ncc12. The Morgan fingerprint density at radius 2 is 2.03 bits per heavy atom. The summed E-state index contributed by atoms with van der Waals surface area (Å²) in [4.78, 5) is 26.0. The molecule has 0 aromatic carbocycles. The van der Waals surface area contributed by atoms with Crippen LogP contribution in [-0.2, 0) is 10.2 Å². The monoisotopic (exact) mass is 387 g/mol. The number of nitrogens with two attached hydrogens (primary N) is 1. The number of primary amides is 1. The van der Waals surface area contributed by atoms with Crippen molar-refractivity contribution in [1.82, 2.24) is 24.6 Å². The molecule has 4 aromatic rings. The second kappa shape index (κ2) is 6.23. The van der Waals surface area contributed by atoms with E-state index in [1.165, 1.54) is 0 Å². The Hall–Kier alpha value is -3.55. The van der Waals surface area contributed by atoms with Gasteiger partial charge in [0.25, 0.3) is 0 Å². The van der Waals surface area contributed by atoms with Gasteiger partial charge in [0.05, 0.1) is 11.1 Å². The first-order valence-electron chi connectivity index (χ1n) is 9.62. The predicted molar refractivity (Wildman–Crippen MR) is 111 cm³/mol. The molecule has 1 aliphatic rings. The van der Waals surface area contributed by atoms with E-state index in [9.17, 15) is 4.79 Å². The summed E-state index contributed by atoms with van der Waals surface area (Å²) in [7, 11) is 1.82. The number of nitrogens with zero attached hydrogens (tertiary/aromatic N) is 5. The fourth-order valence-electron chi connectivity index (χ4n) is 4.03. The van der Waals surface area contributed by atoms with Gasteiger partial charge >= 0.3 is 0 Å². The lowest BCUT2D eigenvalue weighted by Crippen LogP contribution is -2.47. The van der Waals surface area contributed by atoms with Crippen LogP contribution in [0.15, 0.2) is 36.8 Å². The number of nitrogens with one attached hydrogen (secondary N) is 1. The van der Waals surface area contributed by atoms with E-state index in [1.54, 1.807) is 16.9 Å². The standard InChI is InChI=1S/C21H21N7O/c1-12-4-5-17-26-19(27-28(17)11-12)15-10-25-18(23-2)14-9-24-16(8-13(14)15)21(20(22)29)6-3-7-21/h4-5,8-11H,3,6-7H2,1-2H3,(H2,22,29)(H,23,25). The zero-order valence-electron chi connectivity index (χ0n) is 16.3. The Kier molecular flexibility index (Phi) is 3.77. The van der Waals surface area contributed by atoms with Crippen LogP contribution < -0.4 is 11.1 Å². The number of aryl methyl sites for hydroxylation is 1. The fraction of sp³-hybridized carbons (Fsp3) is 0.286.